The number of hydrogen-bond donors (Lipinski definition) is 0. The van der Waals surface area contributed by atoms with Crippen molar-refractivity contribution in [2.75, 3.05) is 6.61 Å². The highest BCUT2D eigenvalue weighted by atomic mass is 35.7. The van der Waals surface area contributed by atoms with Crippen LogP contribution in [0, 0.1) is 6.92 Å². The Morgan fingerprint density at radius 1 is 1.43 bits per heavy atom. The first-order valence-electron chi connectivity index (χ1n) is 4.13. The van der Waals surface area contributed by atoms with E-state index >= 15 is 0 Å². The molecule has 78 valence electrons. The summed E-state index contributed by atoms with van der Waals surface area (Å²) in [5.74, 6) is 0.511. The summed E-state index contributed by atoms with van der Waals surface area (Å²) < 4.78 is 27.4. The quantitative estimate of drug-likeness (QED) is 0.754. The van der Waals surface area contributed by atoms with Crippen LogP contribution in [0.4, 0.5) is 0 Å². The Bertz CT molecular complexity index is 426. The van der Waals surface area contributed by atoms with Crippen LogP contribution >= 0.6 is 10.7 Å². The van der Waals surface area contributed by atoms with E-state index in [9.17, 15) is 8.42 Å². The molecular weight excluding hydrogens is 224 g/mol. The molecule has 1 aromatic carbocycles. The number of hydrogen-bond acceptors (Lipinski definition) is 3. The first kappa shape index (κ1) is 11.3. The monoisotopic (exact) mass is 234 g/mol. The maximum atomic E-state index is 11.1. The SMILES string of the molecule is CCOc1ccc(C)c(S(=O)(=O)Cl)c1. The second kappa shape index (κ2) is 4.19. The molecule has 0 aliphatic carbocycles. The summed E-state index contributed by atoms with van der Waals surface area (Å²) in [5.41, 5.74) is 0.614. The third-order valence-corrected chi connectivity index (χ3v) is 3.20. The zero-order valence-corrected chi connectivity index (χ0v) is 9.52. The summed E-state index contributed by atoms with van der Waals surface area (Å²) in [5, 5.41) is 0. The zero-order valence-electron chi connectivity index (χ0n) is 7.95. The molecule has 0 radical (unpaired) electrons. The van der Waals surface area contributed by atoms with Crippen molar-refractivity contribution in [2.45, 2.75) is 18.7 Å². The van der Waals surface area contributed by atoms with Crippen LogP contribution in [0.2, 0.25) is 0 Å². The van der Waals surface area contributed by atoms with Gasteiger partial charge in [-0.2, -0.15) is 0 Å². The van der Waals surface area contributed by atoms with Gasteiger partial charge in [0.05, 0.1) is 11.5 Å². The third-order valence-electron chi connectivity index (χ3n) is 1.73. The van der Waals surface area contributed by atoms with Gasteiger partial charge in [0.25, 0.3) is 9.05 Å². The van der Waals surface area contributed by atoms with Crippen molar-refractivity contribution in [1.82, 2.24) is 0 Å². The molecule has 0 N–H and O–H groups in total. The second-order valence-corrected chi connectivity index (χ2v) is 5.33. The molecule has 1 aromatic rings. The number of ether oxygens (including phenoxy) is 1. The van der Waals surface area contributed by atoms with Crippen molar-refractivity contribution in [1.29, 1.82) is 0 Å². The molecule has 0 bridgehead atoms. The summed E-state index contributed by atoms with van der Waals surface area (Å²) in [6.45, 7) is 4.00. The van der Waals surface area contributed by atoms with Crippen molar-refractivity contribution in [2.24, 2.45) is 0 Å². The fourth-order valence-electron chi connectivity index (χ4n) is 1.10. The fourth-order valence-corrected chi connectivity index (χ4v) is 2.31. The molecule has 0 fully saturated rings. The van der Waals surface area contributed by atoms with Gasteiger partial charge in [-0.25, -0.2) is 8.42 Å². The van der Waals surface area contributed by atoms with E-state index in [1.807, 2.05) is 6.92 Å². The van der Waals surface area contributed by atoms with Crippen LogP contribution in [-0.4, -0.2) is 15.0 Å². The van der Waals surface area contributed by atoms with Gasteiger partial charge >= 0.3 is 0 Å². The van der Waals surface area contributed by atoms with Crippen molar-refractivity contribution in [3.8, 4) is 5.75 Å². The lowest BCUT2D eigenvalue weighted by molar-refractivity contribution is 0.339. The van der Waals surface area contributed by atoms with E-state index in [1.165, 1.54) is 6.07 Å². The molecule has 3 nitrogen and oxygen atoms in total. The van der Waals surface area contributed by atoms with Gasteiger partial charge in [-0.05, 0) is 25.5 Å². The summed E-state index contributed by atoms with van der Waals surface area (Å²) in [4.78, 5) is 0.102. The zero-order chi connectivity index (χ0) is 10.8. The van der Waals surface area contributed by atoms with E-state index in [0.717, 1.165) is 0 Å². The summed E-state index contributed by atoms with van der Waals surface area (Å²) in [6, 6.07) is 4.81. The van der Waals surface area contributed by atoms with Gasteiger partial charge in [0.15, 0.2) is 0 Å². The molecule has 14 heavy (non-hydrogen) atoms. The van der Waals surface area contributed by atoms with Crippen molar-refractivity contribution in [3.63, 3.8) is 0 Å². The highest BCUT2D eigenvalue weighted by Gasteiger charge is 2.14. The Labute approximate surface area is 88.1 Å². The number of halogens is 1. The van der Waals surface area contributed by atoms with Crippen molar-refractivity contribution >= 4 is 19.7 Å². The van der Waals surface area contributed by atoms with E-state index in [0.29, 0.717) is 17.9 Å². The minimum atomic E-state index is -3.68. The average Bonchev–Trinajstić information content (AvgIpc) is 2.07. The molecule has 0 unspecified atom stereocenters. The molecule has 0 saturated heterocycles. The Hall–Kier alpha value is -0.740. The third kappa shape index (κ3) is 2.62. The Morgan fingerprint density at radius 2 is 2.07 bits per heavy atom. The van der Waals surface area contributed by atoms with Crippen molar-refractivity contribution in [3.05, 3.63) is 23.8 Å². The molecule has 0 aromatic heterocycles. The standard InChI is InChI=1S/C9H11ClO3S/c1-3-13-8-5-4-7(2)9(6-8)14(10,11)12/h4-6H,3H2,1-2H3. The van der Waals surface area contributed by atoms with E-state index in [2.05, 4.69) is 0 Å². The summed E-state index contributed by atoms with van der Waals surface area (Å²) in [6.07, 6.45) is 0. The molecule has 0 aliphatic heterocycles. The predicted octanol–water partition coefficient (Wildman–Crippen LogP) is 2.32. The highest BCUT2D eigenvalue weighted by molar-refractivity contribution is 8.13. The lowest BCUT2D eigenvalue weighted by Crippen LogP contribution is -1.97. The molecule has 0 spiro atoms. The van der Waals surface area contributed by atoms with Gasteiger partial charge < -0.3 is 4.74 Å². The van der Waals surface area contributed by atoms with Crippen LogP contribution in [-0.2, 0) is 9.05 Å². The maximum absolute atomic E-state index is 11.1. The van der Waals surface area contributed by atoms with Crippen LogP contribution in [0.3, 0.4) is 0 Å². The molecule has 1 rings (SSSR count). The van der Waals surface area contributed by atoms with Crippen LogP contribution in [0.1, 0.15) is 12.5 Å². The summed E-state index contributed by atoms with van der Waals surface area (Å²) in [7, 11) is 1.57. The smallest absolute Gasteiger partial charge is 0.261 e. The Balaban J connectivity index is 3.22. The topological polar surface area (TPSA) is 43.4 Å². The first-order chi connectivity index (χ1) is 6.45. The average molecular weight is 235 g/mol. The molecule has 0 amide bonds. The highest BCUT2D eigenvalue weighted by Crippen LogP contribution is 2.24. The number of benzene rings is 1. The van der Waals surface area contributed by atoms with Gasteiger partial charge in [-0.1, -0.05) is 6.07 Å². The van der Waals surface area contributed by atoms with Crippen LogP contribution < -0.4 is 4.74 Å². The molecule has 0 heterocycles. The molecular formula is C9H11ClO3S. The minimum absolute atomic E-state index is 0.102. The van der Waals surface area contributed by atoms with Crippen LogP contribution in [0.15, 0.2) is 23.1 Å². The van der Waals surface area contributed by atoms with Crippen LogP contribution in [0.25, 0.3) is 0 Å². The van der Waals surface area contributed by atoms with E-state index in [4.69, 9.17) is 15.4 Å². The molecule has 5 heteroatoms. The predicted molar refractivity (Wildman–Crippen MR) is 55.4 cm³/mol. The van der Waals surface area contributed by atoms with E-state index < -0.39 is 9.05 Å². The minimum Gasteiger partial charge on any atom is -0.494 e. The molecule has 0 atom stereocenters. The lowest BCUT2D eigenvalue weighted by Gasteiger charge is -2.06. The second-order valence-electron chi connectivity index (χ2n) is 2.80. The Kier molecular flexibility index (Phi) is 3.39. The number of aryl methyl sites for hydroxylation is 1. The normalized spacial score (nSPS) is 11.4. The molecule has 0 aliphatic rings. The van der Waals surface area contributed by atoms with Gasteiger partial charge in [0.2, 0.25) is 0 Å². The Morgan fingerprint density at radius 3 is 2.57 bits per heavy atom. The van der Waals surface area contributed by atoms with E-state index in [-0.39, 0.29) is 4.90 Å². The largest absolute Gasteiger partial charge is 0.494 e. The van der Waals surface area contributed by atoms with Gasteiger partial charge in [0.1, 0.15) is 5.75 Å². The van der Waals surface area contributed by atoms with Gasteiger partial charge in [-0.15, -0.1) is 0 Å². The van der Waals surface area contributed by atoms with Gasteiger partial charge in [0, 0.05) is 16.7 Å². The van der Waals surface area contributed by atoms with Crippen LogP contribution in [0.5, 0.6) is 5.75 Å². The fraction of sp³-hybridized carbons (Fsp3) is 0.333. The number of rotatable bonds is 3. The summed E-state index contributed by atoms with van der Waals surface area (Å²) >= 11 is 0. The molecule has 0 saturated carbocycles. The lowest BCUT2D eigenvalue weighted by atomic mass is 10.2. The first-order valence-corrected chi connectivity index (χ1v) is 6.44. The van der Waals surface area contributed by atoms with Gasteiger partial charge in [-0.3, -0.25) is 0 Å². The van der Waals surface area contributed by atoms with Crippen molar-refractivity contribution < 1.29 is 13.2 Å². The maximum Gasteiger partial charge on any atom is 0.261 e. The van der Waals surface area contributed by atoms with E-state index in [1.54, 1.807) is 19.1 Å².